The van der Waals surface area contributed by atoms with Gasteiger partial charge in [0, 0.05) is 16.6 Å². The second-order valence-electron chi connectivity index (χ2n) is 4.63. The van der Waals surface area contributed by atoms with E-state index in [-0.39, 0.29) is 6.04 Å². The van der Waals surface area contributed by atoms with Crippen molar-refractivity contribution in [3.8, 4) is 0 Å². The van der Waals surface area contributed by atoms with E-state index in [0.29, 0.717) is 5.02 Å². The van der Waals surface area contributed by atoms with Crippen molar-refractivity contribution >= 4 is 27.5 Å². The molecule has 0 bridgehead atoms. The second kappa shape index (κ2) is 7.23. The Morgan fingerprint density at radius 3 is 2.55 bits per heavy atom. The van der Waals surface area contributed by atoms with Crippen molar-refractivity contribution in [1.29, 1.82) is 0 Å². The first-order valence-electron chi connectivity index (χ1n) is 6.40. The number of rotatable bonds is 5. The Hall–Kier alpha value is -0.870. The summed E-state index contributed by atoms with van der Waals surface area (Å²) in [6, 6.07) is 13.8. The molecule has 0 spiro atoms. The zero-order chi connectivity index (χ0) is 14.5. The minimum absolute atomic E-state index is 0.225. The van der Waals surface area contributed by atoms with Crippen LogP contribution in [0.3, 0.4) is 0 Å². The molecule has 0 aromatic heterocycles. The molecule has 20 heavy (non-hydrogen) atoms. The van der Waals surface area contributed by atoms with Gasteiger partial charge in [0.1, 0.15) is 0 Å². The van der Waals surface area contributed by atoms with Crippen molar-refractivity contribution in [3.63, 3.8) is 0 Å². The maximum Gasteiger partial charge on any atom is 0.0566 e. The Labute approximate surface area is 133 Å². The summed E-state index contributed by atoms with van der Waals surface area (Å²) in [5.41, 5.74) is 9.51. The van der Waals surface area contributed by atoms with Crippen LogP contribution in [0.15, 0.2) is 46.9 Å². The van der Waals surface area contributed by atoms with E-state index in [1.807, 2.05) is 30.3 Å². The first-order valence-corrected chi connectivity index (χ1v) is 7.57. The molecule has 1 atom stereocenters. The van der Waals surface area contributed by atoms with Crippen LogP contribution in [0, 0.1) is 0 Å². The molecular weight excluding hydrogens is 338 g/mol. The summed E-state index contributed by atoms with van der Waals surface area (Å²) in [5, 5.41) is 0.684. The molecule has 2 aromatic rings. The Morgan fingerprint density at radius 1 is 1.20 bits per heavy atom. The maximum atomic E-state index is 6.31. The highest BCUT2D eigenvalue weighted by atomic mass is 79.9. The van der Waals surface area contributed by atoms with Gasteiger partial charge in [0.25, 0.3) is 0 Å². The van der Waals surface area contributed by atoms with E-state index in [1.54, 1.807) is 7.11 Å². The maximum absolute atomic E-state index is 6.31. The Morgan fingerprint density at radius 2 is 1.90 bits per heavy atom. The molecule has 0 fully saturated rings. The van der Waals surface area contributed by atoms with Crippen LogP contribution in [0.25, 0.3) is 0 Å². The van der Waals surface area contributed by atoms with Gasteiger partial charge in [-0.2, -0.15) is 0 Å². The van der Waals surface area contributed by atoms with Crippen LogP contribution in [-0.2, 0) is 11.2 Å². The first kappa shape index (κ1) is 15.5. The molecule has 106 valence electrons. The zero-order valence-corrected chi connectivity index (χ0v) is 13.6. The summed E-state index contributed by atoms with van der Waals surface area (Å²) in [6.45, 7) is 0.725. The summed E-state index contributed by atoms with van der Waals surface area (Å²) in [4.78, 5) is 0. The van der Waals surface area contributed by atoms with E-state index in [1.165, 1.54) is 5.56 Å². The van der Waals surface area contributed by atoms with Gasteiger partial charge in [0.15, 0.2) is 0 Å². The third-order valence-electron chi connectivity index (χ3n) is 3.23. The summed E-state index contributed by atoms with van der Waals surface area (Å²) >= 11 is 9.67. The van der Waals surface area contributed by atoms with E-state index in [9.17, 15) is 0 Å². The van der Waals surface area contributed by atoms with Crippen LogP contribution < -0.4 is 5.73 Å². The fourth-order valence-corrected chi connectivity index (χ4v) is 2.66. The predicted octanol–water partition coefficient (Wildman–Crippen LogP) is 4.34. The van der Waals surface area contributed by atoms with E-state index in [0.717, 1.165) is 28.6 Å². The van der Waals surface area contributed by atoms with Gasteiger partial charge in [-0.15, -0.1) is 0 Å². The predicted molar refractivity (Wildman–Crippen MR) is 87.2 cm³/mol. The lowest BCUT2D eigenvalue weighted by molar-refractivity contribution is 0.202. The molecule has 2 N–H and O–H groups in total. The van der Waals surface area contributed by atoms with Gasteiger partial charge in [-0.05, 0) is 41.3 Å². The summed E-state index contributed by atoms with van der Waals surface area (Å²) < 4.78 is 6.05. The highest BCUT2D eigenvalue weighted by Gasteiger charge is 2.13. The summed E-state index contributed by atoms with van der Waals surface area (Å²) in [7, 11) is 1.71. The Kier molecular flexibility index (Phi) is 5.61. The topological polar surface area (TPSA) is 35.2 Å². The molecule has 0 heterocycles. The molecule has 0 amide bonds. The minimum atomic E-state index is -0.225. The summed E-state index contributed by atoms with van der Waals surface area (Å²) in [6.07, 6.45) is 0.906. The number of benzene rings is 2. The minimum Gasteiger partial charge on any atom is -0.384 e. The van der Waals surface area contributed by atoms with Crippen LogP contribution in [0.1, 0.15) is 22.7 Å². The first-order chi connectivity index (χ1) is 9.61. The smallest absolute Gasteiger partial charge is 0.0566 e. The van der Waals surface area contributed by atoms with Crippen molar-refractivity contribution in [2.75, 3.05) is 13.7 Å². The lowest BCUT2D eigenvalue weighted by Gasteiger charge is -2.15. The average molecular weight is 355 g/mol. The molecule has 0 aliphatic carbocycles. The largest absolute Gasteiger partial charge is 0.384 e. The SMILES string of the molecule is COCCc1ccc(C(N)c2cc(Br)ccc2Cl)cc1. The number of nitrogens with two attached hydrogens (primary N) is 1. The van der Waals surface area contributed by atoms with Crippen LogP contribution in [-0.4, -0.2) is 13.7 Å². The lowest BCUT2D eigenvalue weighted by atomic mass is 9.98. The molecule has 0 saturated heterocycles. The van der Waals surface area contributed by atoms with Gasteiger partial charge in [-0.25, -0.2) is 0 Å². The van der Waals surface area contributed by atoms with Crippen LogP contribution in [0.5, 0.6) is 0 Å². The fourth-order valence-electron chi connectivity index (χ4n) is 2.04. The molecule has 1 unspecified atom stereocenters. The molecule has 2 aromatic carbocycles. The second-order valence-corrected chi connectivity index (χ2v) is 5.95. The molecule has 0 aliphatic heterocycles. The van der Waals surface area contributed by atoms with Crippen molar-refractivity contribution in [2.45, 2.75) is 12.5 Å². The van der Waals surface area contributed by atoms with Crippen molar-refractivity contribution < 1.29 is 4.74 Å². The molecule has 2 rings (SSSR count). The van der Waals surface area contributed by atoms with Gasteiger partial charge in [-0.1, -0.05) is 51.8 Å². The Bertz CT molecular complexity index is 571. The fraction of sp³-hybridized carbons (Fsp3) is 0.250. The average Bonchev–Trinajstić information content (AvgIpc) is 2.47. The van der Waals surface area contributed by atoms with Crippen molar-refractivity contribution in [1.82, 2.24) is 0 Å². The third kappa shape index (κ3) is 3.83. The number of ether oxygens (including phenoxy) is 1. The van der Waals surface area contributed by atoms with Gasteiger partial charge >= 0.3 is 0 Å². The highest BCUT2D eigenvalue weighted by Crippen LogP contribution is 2.29. The van der Waals surface area contributed by atoms with E-state index in [2.05, 4.69) is 28.1 Å². The Balaban J connectivity index is 2.20. The van der Waals surface area contributed by atoms with Gasteiger partial charge in [0.05, 0.1) is 12.6 Å². The van der Waals surface area contributed by atoms with Crippen LogP contribution in [0.4, 0.5) is 0 Å². The normalized spacial score (nSPS) is 12.4. The highest BCUT2D eigenvalue weighted by molar-refractivity contribution is 9.10. The number of hydrogen-bond acceptors (Lipinski definition) is 2. The molecule has 4 heteroatoms. The van der Waals surface area contributed by atoms with Crippen LogP contribution in [0.2, 0.25) is 5.02 Å². The lowest BCUT2D eigenvalue weighted by Crippen LogP contribution is -2.12. The van der Waals surface area contributed by atoms with Gasteiger partial charge < -0.3 is 10.5 Å². The molecule has 0 aliphatic rings. The number of methoxy groups -OCH3 is 1. The molecular formula is C16H17BrClNO. The van der Waals surface area contributed by atoms with Gasteiger partial charge in [-0.3, -0.25) is 0 Å². The van der Waals surface area contributed by atoms with E-state index in [4.69, 9.17) is 22.1 Å². The standard InChI is InChI=1S/C16H17BrClNO/c1-20-9-8-11-2-4-12(5-3-11)16(19)14-10-13(17)6-7-15(14)18/h2-7,10,16H,8-9,19H2,1H3. The molecule has 2 nitrogen and oxygen atoms in total. The number of halogens is 2. The monoisotopic (exact) mass is 353 g/mol. The van der Waals surface area contributed by atoms with Crippen molar-refractivity contribution in [2.24, 2.45) is 5.73 Å². The third-order valence-corrected chi connectivity index (χ3v) is 4.06. The molecule has 0 radical (unpaired) electrons. The quantitative estimate of drug-likeness (QED) is 0.867. The van der Waals surface area contributed by atoms with E-state index < -0.39 is 0 Å². The summed E-state index contributed by atoms with van der Waals surface area (Å²) in [5.74, 6) is 0. The number of hydrogen-bond donors (Lipinski definition) is 1. The zero-order valence-electron chi connectivity index (χ0n) is 11.3. The van der Waals surface area contributed by atoms with Crippen LogP contribution >= 0.6 is 27.5 Å². The van der Waals surface area contributed by atoms with E-state index >= 15 is 0 Å². The van der Waals surface area contributed by atoms with Gasteiger partial charge in [0.2, 0.25) is 0 Å². The molecule has 0 saturated carbocycles. The van der Waals surface area contributed by atoms with Crippen molar-refractivity contribution in [3.05, 3.63) is 68.7 Å².